The van der Waals surface area contributed by atoms with Crippen LogP contribution in [0.25, 0.3) is 10.2 Å². The number of aromatic nitrogens is 1. The van der Waals surface area contributed by atoms with Gasteiger partial charge >= 0.3 is 4.87 Å². The number of hydrogen-bond donors (Lipinski definition) is 1. The first-order valence-electron chi connectivity index (χ1n) is 11.3. The average molecular weight is 535 g/mol. The van der Waals surface area contributed by atoms with Gasteiger partial charge in [0.1, 0.15) is 0 Å². The van der Waals surface area contributed by atoms with Crippen molar-refractivity contribution in [3.8, 4) is 0 Å². The lowest BCUT2D eigenvalue weighted by Crippen LogP contribution is -2.29. The molecular formula is C28H23ClN2O3S2. The largest absolute Gasteiger partial charge is 0.308 e. The molecule has 182 valence electrons. The number of rotatable bonds is 7. The summed E-state index contributed by atoms with van der Waals surface area (Å²) in [6, 6.07) is 28.8. The van der Waals surface area contributed by atoms with Gasteiger partial charge in [0, 0.05) is 5.02 Å². The molecule has 0 aliphatic carbocycles. The van der Waals surface area contributed by atoms with E-state index in [4.69, 9.17) is 11.6 Å². The van der Waals surface area contributed by atoms with Gasteiger partial charge in [-0.1, -0.05) is 95.2 Å². The summed E-state index contributed by atoms with van der Waals surface area (Å²) >= 11 is 7.01. The Morgan fingerprint density at radius 2 is 1.56 bits per heavy atom. The molecule has 1 atom stereocenters. The molecule has 0 saturated carbocycles. The lowest BCUT2D eigenvalue weighted by Gasteiger charge is -2.20. The molecule has 0 unspecified atom stereocenters. The predicted octanol–water partition coefficient (Wildman–Crippen LogP) is 6.14. The fourth-order valence-electron chi connectivity index (χ4n) is 4.09. The molecule has 1 N–H and O–H groups in total. The van der Waals surface area contributed by atoms with E-state index in [-0.39, 0.29) is 9.77 Å². The molecule has 36 heavy (non-hydrogen) atoms. The Bertz CT molecular complexity index is 1680. The Kier molecular flexibility index (Phi) is 6.81. The summed E-state index contributed by atoms with van der Waals surface area (Å²) in [7, 11) is -3.89. The smallest absolute Gasteiger partial charge is 0.294 e. The van der Waals surface area contributed by atoms with Gasteiger partial charge in [0.05, 0.1) is 27.7 Å². The molecule has 1 heterocycles. The zero-order chi connectivity index (χ0) is 25.3. The van der Waals surface area contributed by atoms with Crippen molar-refractivity contribution in [2.75, 3.05) is 0 Å². The summed E-state index contributed by atoms with van der Waals surface area (Å²) in [5.74, 6) is 0. The summed E-state index contributed by atoms with van der Waals surface area (Å²) in [5.41, 5.74) is 4.40. The van der Waals surface area contributed by atoms with E-state index in [0.29, 0.717) is 21.8 Å². The van der Waals surface area contributed by atoms with Gasteiger partial charge in [0.15, 0.2) is 0 Å². The van der Waals surface area contributed by atoms with Crippen LogP contribution in [0, 0.1) is 6.92 Å². The molecule has 0 spiro atoms. The number of aryl methyl sites for hydroxylation is 1. The van der Waals surface area contributed by atoms with Gasteiger partial charge in [-0.3, -0.25) is 9.36 Å². The fraction of sp³-hybridized carbons (Fsp3) is 0.107. The van der Waals surface area contributed by atoms with Crippen molar-refractivity contribution >= 4 is 43.2 Å². The second-order valence-corrected chi connectivity index (χ2v) is 11.7. The zero-order valence-corrected chi connectivity index (χ0v) is 21.8. The number of fused-ring (bicyclic) bond motifs is 1. The Morgan fingerprint density at radius 3 is 2.25 bits per heavy atom. The summed E-state index contributed by atoms with van der Waals surface area (Å²) in [6.45, 7) is 2.37. The molecule has 5 nitrogen and oxygen atoms in total. The molecule has 0 saturated heterocycles. The Balaban J connectivity index is 1.49. The molecule has 0 fully saturated rings. The predicted molar refractivity (Wildman–Crippen MR) is 146 cm³/mol. The summed E-state index contributed by atoms with van der Waals surface area (Å²) in [5, 5.41) is 0.628. The molecule has 1 aromatic heterocycles. The highest BCUT2D eigenvalue weighted by atomic mass is 35.5. The summed E-state index contributed by atoms with van der Waals surface area (Å²) in [4.78, 5) is 12.7. The SMILES string of the molecule is Cc1ccc([C@@H](NS(=O)(=O)c2ccc3c(c2)sc(=O)n3Cc2ccc(Cl)cc2)c2ccccc2)cc1. The minimum atomic E-state index is -3.89. The van der Waals surface area contributed by atoms with Gasteiger partial charge in [-0.2, -0.15) is 4.72 Å². The third-order valence-electron chi connectivity index (χ3n) is 6.02. The normalized spacial score (nSPS) is 12.6. The van der Waals surface area contributed by atoms with Crippen LogP contribution in [0.1, 0.15) is 28.3 Å². The van der Waals surface area contributed by atoms with Gasteiger partial charge in [-0.05, 0) is 53.9 Å². The van der Waals surface area contributed by atoms with Crippen LogP contribution in [0.3, 0.4) is 0 Å². The molecule has 8 heteroatoms. The first-order valence-corrected chi connectivity index (χ1v) is 14.0. The summed E-state index contributed by atoms with van der Waals surface area (Å²) < 4.78 is 32.2. The second kappa shape index (κ2) is 10.0. The van der Waals surface area contributed by atoms with Crippen molar-refractivity contribution in [3.05, 3.63) is 134 Å². The molecule has 0 amide bonds. The van der Waals surface area contributed by atoms with Crippen molar-refractivity contribution < 1.29 is 8.42 Å². The number of halogens is 1. The highest BCUT2D eigenvalue weighted by Gasteiger charge is 2.24. The van der Waals surface area contributed by atoms with Crippen molar-refractivity contribution in [1.29, 1.82) is 0 Å². The van der Waals surface area contributed by atoms with Crippen molar-refractivity contribution in [2.24, 2.45) is 0 Å². The molecule has 0 bridgehead atoms. The third-order valence-corrected chi connectivity index (χ3v) is 8.63. The Labute approximate surface area is 218 Å². The standard InChI is InChI=1S/C28H23ClN2O3S2/c1-19-7-11-22(12-8-19)27(21-5-3-2-4-6-21)30-36(33,34)24-15-16-25-26(17-24)35-28(32)31(25)18-20-9-13-23(29)14-10-20/h2-17,27,30H,18H2,1H3/t27-/m0/s1. The van der Waals surface area contributed by atoms with Crippen LogP contribution < -0.4 is 9.60 Å². The number of benzene rings is 4. The molecule has 4 aromatic carbocycles. The van der Waals surface area contributed by atoms with Gasteiger partial charge in [0.2, 0.25) is 10.0 Å². The Hall–Kier alpha value is -3.23. The van der Waals surface area contributed by atoms with Crippen molar-refractivity contribution in [3.63, 3.8) is 0 Å². The van der Waals surface area contributed by atoms with E-state index >= 15 is 0 Å². The van der Waals surface area contributed by atoms with Crippen molar-refractivity contribution in [2.45, 2.75) is 24.4 Å². The van der Waals surface area contributed by atoms with E-state index in [2.05, 4.69) is 4.72 Å². The van der Waals surface area contributed by atoms with Gasteiger partial charge < -0.3 is 0 Å². The van der Waals surface area contributed by atoms with E-state index < -0.39 is 16.1 Å². The maximum absolute atomic E-state index is 13.5. The molecular weight excluding hydrogens is 512 g/mol. The number of nitrogens with one attached hydrogen (secondary N) is 1. The molecule has 0 radical (unpaired) electrons. The highest BCUT2D eigenvalue weighted by Crippen LogP contribution is 2.27. The van der Waals surface area contributed by atoms with Crippen LogP contribution in [-0.4, -0.2) is 13.0 Å². The zero-order valence-electron chi connectivity index (χ0n) is 19.4. The van der Waals surface area contributed by atoms with Crippen molar-refractivity contribution in [1.82, 2.24) is 9.29 Å². The topological polar surface area (TPSA) is 68.2 Å². The lowest BCUT2D eigenvalue weighted by atomic mass is 9.99. The molecule has 0 aliphatic rings. The first-order chi connectivity index (χ1) is 17.3. The number of thiazole rings is 1. The maximum Gasteiger partial charge on any atom is 0.308 e. The molecule has 5 aromatic rings. The minimum absolute atomic E-state index is 0.114. The highest BCUT2D eigenvalue weighted by molar-refractivity contribution is 7.89. The number of sulfonamides is 1. The van der Waals surface area contributed by atoms with Crippen LogP contribution in [0.4, 0.5) is 0 Å². The van der Waals surface area contributed by atoms with E-state index in [1.807, 2.05) is 73.7 Å². The van der Waals surface area contributed by atoms with E-state index in [0.717, 1.165) is 33.6 Å². The quantitative estimate of drug-likeness (QED) is 0.272. The van der Waals surface area contributed by atoms with Crippen LogP contribution in [0.15, 0.2) is 107 Å². The van der Waals surface area contributed by atoms with Crippen LogP contribution >= 0.6 is 22.9 Å². The van der Waals surface area contributed by atoms with Crippen LogP contribution in [-0.2, 0) is 16.6 Å². The number of nitrogens with zero attached hydrogens (tertiary/aromatic N) is 1. The van der Waals surface area contributed by atoms with Gasteiger partial charge in [-0.15, -0.1) is 0 Å². The fourth-order valence-corrected chi connectivity index (χ4v) is 6.46. The van der Waals surface area contributed by atoms with Crippen LogP contribution in [0.5, 0.6) is 0 Å². The number of hydrogen-bond acceptors (Lipinski definition) is 4. The van der Waals surface area contributed by atoms with E-state index in [9.17, 15) is 13.2 Å². The molecule has 0 aliphatic heterocycles. The second-order valence-electron chi connectivity index (χ2n) is 8.59. The maximum atomic E-state index is 13.5. The van der Waals surface area contributed by atoms with E-state index in [1.54, 1.807) is 34.9 Å². The minimum Gasteiger partial charge on any atom is -0.294 e. The summed E-state index contributed by atoms with van der Waals surface area (Å²) in [6.07, 6.45) is 0. The lowest BCUT2D eigenvalue weighted by molar-refractivity contribution is 0.572. The first kappa shape index (κ1) is 24.5. The molecule has 5 rings (SSSR count). The van der Waals surface area contributed by atoms with Gasteiger partial charge in [0.25, 0.3) is 0 Å². The van der Waals surface area contributed by atoms with Crippen LogP contribution in [0.2, 0.25) is 5.02 Å². The van der Waals surface area contributed by atoms with E-state index in [1.165, 1.54) is 0 Å². The third kappa shape index (κ3) is 5.15. The van der Waals surface area contributed by atoms with Gasteiger partial charge in [-0.25, -0.2) is 8.42 Å². The average Bonchev–Trinajstić information content (AvgIpc) is 3.19. The Morgan fingerprint density at radius 1 is 0.889 bits per heavy atom. The monoisotopic (exact) mass is 534 g/mol.